The van der Waals surface area contributed by atoms with Crippen molar-refractivity contribution >= 4 is 7.76 Å². The van der Waals surface area contributed by atoms with Crippen LogP contribution >= 0.6 is 7.76 Å². The van der Waals surface area contributed by atoms with Gasteiger partial charge in [-0.3, -0.25) is 4.98 Å². The molecule has 1 aromatic heterocycles. The summed E-state index contributed by atoms with van der Waals surface area (Å²) in [6.45, 7) is 0. The number of rotatable bonds is 0. The first kappa shape index (κ1) is 3.85. The van der Waals surface area contributed by atoms with Gasteiger partial charge in [0.1, 0.15) is 0 Å². The van der Waals surface area contributed by atoms with Crippen LogP contribution in [0.3, 0.4) is 0 Å². The average molecular weight is 101 g/mol. The molecule has 6 heavy (non-hydrogen) atoms. The summed E-state index contributed by atoms with van der Waals surface area (Å²) in [5.41, 5.74) is 0. The Morgan fingerprint density at radius 2 is 2.50 bits per heavy atom. The van der Waals surface area contributed by atoms with Gasteiger partial charge in [-0.25, -0.2) is 0 Å². The van der Waals surface area contributed by atoms with Gasteiger partial charge in [0.15, 0.2) is 0 Å². The maximum absolute atomic E-state index is 8.56. The van der Waals surface area contributed by atoms with Gasteiger partial charge in [-0.15, -0.1) is 0 Å². The highest BCUT2D eigenvalue weighted by atomic mass is 31.1. The van der Waals surface area contributed by atoms with E-state index >= 15 is 0 Å². The molecule has 1 unspecified atom stereocenters. The van der Waals surface area contributed by atoms with Crippen LogP contribution in [0.5, 0.6) is 0 Å². The van der Waals surface area contributed by atoms with Gasteiger partial charge in [0.25, 0.3) is 0 Å². The Hall–Kier alpha value is -0.330. The van der Waals surface area contributed by atoms with Crippen LogP contribution in [0.1, 0.15) is 0 Å². The second kappa shape index (κ2) is 1.41. The average Bonchev–Trinajstić information content (AvgIpc) is 1.86. The van der Waals surface area contributed by atoms with Gasteiger partial charge >= 0.3 is 0 Å². The van der Waals surface area contributed by atoms with Gasteiger partial charge in [-0.1, -0.05) is 0 Å². The maximum Gasteiger partial charge on any atom is 0.0716 e. The second-order valence-corrected chi connectivity index (χ2v) is 2.23. The molecule has 0 saturated carbocycles. The van der Waals surface area contributed by atoms with Crippen molar-refractivity contribution in [3.8, 4) is 0 Å². The summed E-state index contributed by atoms with van der Waals surface area (Å²) >= 11 is 0. The molecule has 0 aliphatic heterocycles. The molecule has 2 nitrogen and oxygen atoms in total. The third kappa shape index (κ3) is 0.588. The highest BCUT2D eigenvalue weighted by molar-refractivity contribution is 7.42. The van der Waals surface area contributed by atoms with Crippen LogP contribution in [0.25, 0.3) is 0 Å². The summed E-state index contributed by atoms with van der Waals surface area (Å²) in [5.74, 6) is 3.21. The molecule has 0 amide bonds. The largest absolute Gasteiger partial charge is 0.345 e. The molecule has 1 N–H and O–H groups in total. The zero-order valence-corrected chi connectivity index (χ0v) is 3.97. The van der Waals surface area contributed by atoms with Crippen molar-refractivity contribution < 1.29 is 4.89 Å². The van der Waals surface area contributed by atoms with Crippen LogP contribution in [-0.2, 0) is 0 Å². The lowest BCUT2D eigenvalue weighted by Gasteiger charge is -1.67. The molecule has 0 aliphatic carbocycles. The molecule has 1 heterocycles. The fraction of sp³-hybridized carbons (Fsp3) is 0. The van der Waals surface area contributed by atoms with E-state index in [1.165, 1.54) is 5.93 Å². The summed E-state index contributed by atoms with van der Waals surface area (Å²) in [6.07, 6.45) is 1.60. The molecule has 0 spiro atoms. The van der Waals surface area contributed by atoms with E-state index < -0.39 is 7.76 Å². The third-order valence-corrected chi connectivity index (χ3v) is 1.30. The predicted molar refractivity (Wildman–Crippen MR) is 24.6 cm³/mol. The normalized spacial score (nSPS) is 11.8. The Kier molecular flexibility index (Phi) is 0.906. The SMILES string of the molecule is Op1ccnc1. The lowest BCUT2D eigenvalue weighted by molar-refractivity contribution is 0.649. The Bertz CT molecular complexity index is 114. The van der Waals surface area contributed by atoms with E-state index in [0.29, 0.717) is 0 Å². The van der Waals surface area contributed by atoms with E-state index in [2.05, 4.69) is 4.98 Å². The molecule has 1 rings (SSSR count). The summed E-state index contributed by atoms with van der Waals surface area (Å²) < 4.78 is 0. The van der Waals surface area contributed by atoms with Crippen molar-refractivity contribution in [1.29, 1.82) is 0 Å². The first-order valence-electron chi connectivity index (χ1n) is 1.57. The third-order valence-electron chi connectivity index (χ3n) is 0.490. The minimum atomic E-state index is -0.937. The Labute approximate surface area is 36.6 Å². The van der Waals surface area contributed by atoms with Crippen LogP contribution in [0.2, 0.25) is 0 Å². The molecule has 0 aromatic carbocycles. The molecule has 3 heteroatoms. The number of hydrogen-bond donors (Lipinski definition) is 1. The fourth-order valence-electron chi connectivity index (χ4n) is 0.252. The van der Waals surface area contributed by atoms with Crippen LogP contribution in [0.4, 0.5) is 0 Å². The molecule has 0 aliphatic rings. The van der Waals surface area contributed by atoms with E-state index in [-0.39, 0.29) is 0 Å². The predicted octanol–water partition coefficient (Wildman–Crippen LogP) is 0.824. The molecule has 0 fully saturated rings. The molecule has 0 radical (unpaired) electrons. The topological polar surface area (TPSA) is 33.1 Å². The molecular formula is C3H4NOP. The molecule has 1 atom stereocenters. The standard InChI is InChI=1S/C3H4NOP/c5-6-2-1-4-3-6/h1-3,5H. The summed E-state index contributed by atoms with van der Waals surface area (Å²) in [4.78, 5) is 12.2. The van der Waals surface area contributed by atoms with Crippen LogP contribution in [0, 0.1) is 0 Å². The van der Waals surface area contributed by atoms with Gasteiger partial charge in [-0.05, 0) is 0 Å². The second-order valence-electron chi connectivity index (χ2n) is 0.943. The van der Waals surface area contributed by atoms with Crippen LogP contribution < -0.4 is 0 Å². The van der Waals surface area contributed by atoms with Crippen LogP contribution in [-0.4, -0.2) is 9.88 Å². The van der Waals surface area contributed by atoms with Crippen molar-refractivity contribution in [2.75, 3.05) is 0 Å². The summed E-state index contributed by atoms with van der Waals surface area (Å²) in [7, 11) is -0.937. The van der Waals surface area contributed by atoms with Crippen molar-refractivity contribution in [2.24, 2.45) is 0 Å². The first-order valence-corrected chi connectivity index (χ1v) is 3.00. The van der Waals surface area contributed by atoms with E-state index in [1.807, 2.05) is 0 Å². The minimum absolute atomic E-state index is 0.937. The smallest absolute Gasteiger partial charge is 0.0716 e. The Morgan fingerprint density at radius 3 is 2.67 bits per heavy atom. The van der Waals surface area contributed by atoms with Gasteiger partial charge in [0.2, 0.25) is 0 Å². The van der Waals surface area contributed by atoms with Crippen LogP contribution in [0.15, 0.2) is 17.9 Å². The number of aromatic nitrogens is 1. The van der Waals surface area contributed by atoms with Gasteiger partial charge in [0, 0.05) is 19.8 Å². The summed E-state index contributed by atoms with van der Waals surface area (Å²) in [5, 5.41) is 0. The molecule has 32 valence electrons. The lowest BCUT2D eigenvalue weighted by Crippen LogP contribution is -1.39. The maximum atomic E-state index is 8.56. The van der Waals surface area contributed by atoms with Gasteiger partial charge in [0.05, 0.1) is 5.93 Å². The van der Waals surface area contributed by atoms with E-state index in [4.69, 9.17) is 4.89 Å². The molecule has 0 saturated heterocycles. The number of hydrogen-bond acceptors (Lipinski definition) is 2. The van der Waals surface area contributed by atoms with Crippen molar-refractivity contribution in [3.05, 3.63) is 17.9 Å². The lowest BCUT2D eigenvalue weighted by atomic mass is 11.0. The summed E-state index contributed by atoms with van der Waals surface area (Å²) in [6, 6.07) is 0. The Balaban J connectivity index is 3.05. The van der Waals surface area contributed by atoms with E-state index in [0.717, 1.165) is 0 Å². The van der Waals surface area contributed by atoms with Gasteiger partial charge < -0.3 is 4.89 Å². The van der Waals surface area contributed by atoms with Crippen molar-refractivity contribution in [2.45, 2.75) is 0 Å². The fourth-order valence-corrected chi connectivity index (χ4v) is 0.756. The molecule has 1 aromatic rings. The monoisotopic (exact) mass is 101 g/mol. The van der Waals surface area contributed by atoms with Crippen molar-refractivity contribution in [3.63, 3.8) is 0 Å². The Morgan fingerprint density at radius 1 is 1.67 bits per heavy atom. The quantitative estimate of drug-likeness (QED) is 0.524. The van der Waals surface area contributed by atoms with Gasteiger partial charge in [-0.2, -0.15) is 0 Å². The minimum Gasteiger partial charge on any atom is -0.345 e. The molecule has 0 bridgehead atoms. The zero-order valence-electron chi connectivity index (χ0n) is 3.07. The number of nitrogens with zero attached hydrogens (tertiary/aromatic N) is 1. The molecular weight excluding hydrogens is 97.0 g/mol. The highest BCUT2D eigenvalue weighted by Gasteiger charge is 1.75. The van der Waals surface area contributed by atoms with E-state index in [1.54, 1.807) is 12.0 Å². The first-order chi connectivity index (χ1) is 2.89. The van der Waals surface area contributed by atoms with E-state index in [9.17, 15) is 0 Å². The highest BCUT2D eigenvalue weighted by Crippen LogP contribution is 2.15. The zero-order chi connectivity index (χ0) is 4.41. The van der Waals surface area contributed by atoms with Crippen molar-refractivity contribution in [1.82, 2.24) is 4.98 Å².